The molecular weight excluding hydrogens is 400 g/mol. The first-order valence-electron chi connectivity index (χ1n) is 9.96. The molecule has 1 amide bonds. The van der Waals surface area contributed by atoms with Gasteiger partial charge in [-0.2, -0.15) is 0 Å². The van der Waals surface area contributed by atoms with Gasteiger partial charge in [0.15, 0.2) is 5.82 Å². The summed E-state index contributed by atoms with van der Waals surface area (Å²) in [6.07, 6.45) is 8.50. The lowest BCUT2D eigenvalue weighted by atomic mass is 9.96. The van der Waals surface area contributed by atoms with Crippen molar-refractivity contribution in [3.05, 3.63) is 65.3 Å². The Morgan fingerprint density at radius 3 is 2.70 bits per heavy atom. The highest BCUT2D eigenvalue weighted by atomic mass is 35.5. The first kappa shape index (κ1) is 20.2. The Kier molecular flexibility index (Phi) is 5.90. The van der Waals surface area contributed by atoms with E-state index < -0.39 is 0 Å². The molecule has 0 aromatic carbocycles. The summed E-state index contributed by atoms with van der Waals surface area (Å²) in [4.78, 5) is 32.8. The number of anilines is 1. The van der Waals surface area contributed by atoms with E-state index in [1.54, 1.807) is 36.9 Å². The number of carbonyl (C=O) groups excluding carboxylic acids is 1. The van der Waals surface area contributed by atoms with Gasteiger partial charge in [-0.15, -0.1) is 0 Å². The number of halogens is 1. The second-order valence-electron chi connectivity index (χ2n) is 7.48. The highest BCUT2D eigenvalue weighted by Gasteiger charge is 2.33. The lowest BCUT2D eigenvalue weighted by Gasteiger charge is -2.40. The number of nitrogens with zero attached hydrogens (tertiary/aromatic N) is 5. The van der Waals surface area contributed by atoms with E-state index in [0.717, 1.165) is 24.2 Å². The predicted octanol–water partition coefficient (Wildman–Crippen LogP) is 4.00. The molecule has 1 aliphatic rings. The van der Waals surface area contributed by atoms with Gasteiger partial charge in [-0.1, -0.05) is 11.6 Å². The molecule has 30 heavy (non-hydrogen) atoms. The average Bonchev–Trinajstić information content (AvgIpc) is 2.77. The minimum Gasteiger partial charge on any atom is -0.365 e. The van der Waals surface area contributed by atoms with Gasteiger partial charge in [-0.25, -0.2) is 15.0 Å². The predicted molar refractivity (Wildman–Crippen MR) is 116 cm³/mol. The molecule has 8 heteroatoms. The normalized spacial score (nSPS) is 18.8. The monoisotopic (exact) mass is 422 g/mol. The van der Waals surface area contributed by atoms with Crippen LogP contribution in [0.15, 0.2) is 49.1 Å². The molecule has 1 fully saturated rings. The third-order valence-electron chi connectivity index (χ3n) is 5.34. The maximum atomic E-state index is 13.5. The number of aromatic nitrogens is 4. The minimum absolute atomic E-state index is 0.0311. The molecule has 0 radical (unpaired) electrons. The number of aryl methyl sites for hydroxylation is 1. The molecule has 0 saturated carbocycles. The Morgan fingerprint density at radius 1 is 1.17 bits per heavy atom. The van der Waals surface area contributed by atoms with Crippen LogP contribution in [0.25, 0.3) is 11.4 Å². The fraction of sp³-hybridized carbons (Fsp3) is 0.318. The van der Waals surface area contributed by atoms with E-state index in [9.17, 15) is 4.79 Å². The Balaban J connectivity index is 1.59. The number of hydrogen-bond acceptors (Lipinski definition) is 6. The van der Waals surface area contributed by atoms with Crippen molar-refractivity contribution in [1.29, 1.82) is 0 Å². The lowest BCUT2D eigenvalue weighted by molar-refractivity contribution is 0.0611. The zero-order valence-electron chi connectivity index (χ0n) is 16.9. The van der Waals surface area contributed by atoms with Crippen molar-refractivity contribution in [2.45, 2.75) is 38.8 Å². The maximum Gasteiger partial charge on any atom is 0.273 e. The number of amides is 1. The van der Waals surface area contributed by atoms with E-state index in [0.29, 0.717) is 28.6 Å². The summed E-state index contributed by atoms with van der Waals surface area (Å²) in [7, 11) is 0. The van der Waals surface area contributed by atoms with Gasteiger partial charge in [0.2, 0.25) is 0 Å². The van der Waals surface area contributed by atoms with E-state index in [-0.39, 0.29) is 18.0 Å². The number of hydrogen-bond donors (Lipinski definition) is 1. The second-order valence-corrected chi connectivity index (χ2v) is 7.91. The Hall–Kier alpha value is -3.06. The van der Waals surface area contributed by atoms with Crippen LogP contribution in [-0.4, -0.2) is 49.4 Å². The van der Waals surface area contributed by atoms with Crippen LogP contribution in [-0.2, 0) is 0 Å². The van der Waals surface area contributed by atoms with Gasteiger partial charge in [0.25, 0.3) is 5.91 Å². The topological polar surface area (TPSA) is 83.9 Å². The van der Waals surface area contributed by atoms with E-state index >= 15 is 0 Å². The number of nitrogens with one attached hydrogen (secondary N) is 1. The van der Waals surface area contributed by atoms with E-state index in [4.69, 9.17) is 11.6 Å². The van der Waals surface area contributed by atoms with Crippen LogP contribution < -0.4 is 5.32 Å². The molecule has 1 aliphatic heterocycles. The molecule has 0 spiro atoms. The molecule has 7 nitrogen and oxygen atoms in total. The molecule has 4 rings (SSSR count). The van der Waals surface area contributed by atoms with Gasteiger partial charge < -0.3 is 10.2 Å². The van der Waals surface area contributed by atoms with Crippen molar-refractivity contribution < 1.29 is 4.79 Å². The third kappa shape index (κ3) is 4.26. The zero-order valence-corrected chi connectivity index (χ0v) is 17.7. The summed E-state index contributed by atoms with van der Waals surface area (Å²) in [5.41, 5.74) is 1.99. The Morgan fingerprint density at radius 2 is 1.97 bits per heavy atom. The van der Waals surface area contributed by atoms with Crippen molar-refractivity contribution in [2.24, 2.45) is 0 Å². The summed E-state index contributed by atoms with van der Waals surface area (Å²) in [6.45, 7) is 4.67. The van der Waals surface area contributed by atoms with E-state index in [1.807, 2.05) is 24.0 Å². The van der Waals surface area contributed by atoms with Gasteiger partial charge in [-0.3, -0.25) is 9.78 Å². The molecule has 0 aliphatic carbocycles. The number of pyridine rings is 2. The van der Waals surface area contributed by atoms with Crippen molar-refractivity contribution in [2.75, 3.05) is 11.9 Å². The van der Waals surface area contributed by atoms with Crippen LogP contribution in [0.2, 0.25) is 5.02 Å². The van der Waals surface area contributed by atoms with Crippen molar-refractivity contribution in [3.63, 3.8) is 0 Å². The van der Waals surface area contributed by atoms with Crippen LogP contribution in [0.5, 0.6) is 0 Å². The Labute approximate surface area is 180 Å². The molecule has 3 aromatic heterocycles. The molecule has 1 N–H and O–H groups in total. The van der Waals surface area contributed by atoms with Crippen molar-refractivity contribution in [1.82, 2.24) is 24.8 Å². The maximum absolute atomic E-state index is 13.5. The molecular formula is C22H23ClN6O. The van der Waals surface area contributed by atoms with Crippen LogP contribution in [0.4, 0.5) is 5.82 Å². The molecule has 3 aromatic rings. The molecule has 1 saturated heterocycles. The highest BCUT2D eigenvalue weighted by molar-refractivity contribution is 6.30. The average molecular weight is 423 g/mol. The number of likely N-dealkylation sites (tertiary alicyclic amines) is 1. The summed E-state index contributed by atoms with van der Waals surface area (Å²) < 4.78 is 0. The van der Waals surface area contributed by atoms with E-state index in [2.05, 4.69) is 32.2 Å². The standard InChI is InChI=1S/C22H23ClN6O/c1-14-11-17(21-24-8-4-9-25-21)20(27-12-14)22(30)29-10-3-5-18(15(29)2)28-19-7-6-16(23)13-26-19/h4,6-9,11-13,15,18H,3,5,10H2,1-2H3,(H,26,28). The molecule has 154 valence electrons. The highest BCUT2D eigenvalue weighted by Crippen LogP contribution is 2.26. The van der Waals surface area contributed by atoms with Gasteiger partial charge in [-0.05, 0) is 56.5 Å². The third-order valence-corrected chi connectivity index (χ3v) is 5.57. The smallest absolute Gasteiger partial charge is 0.273 e. The SMILES string of the molecule is Cc1cnc(C(=O)N2CCCC(Nc3ccc(Cl)cn3)C2C)c(-c2ncccn2)c1. The minimum atomic E-state index is -0.111. The molecule has 4 heterocycles. The van der Waals surface area contributed by atoms with E-state index in [1.165, 1.54) is 0 Å². The van der Waals surface area contributed by atoms with Gasteiger partial charge in [0, 0.05) is 43.4 Å². The lowest BCUT2D eigenvalue weighted by Crippen LogP contribution is -2.52. The first-order valence-corrected chi connectivity index (χ1v) is 10.3. The zero-order chi connectivity index (χ0) is 21.1. The van der Waals surface area contributed by atoms with Crippen molar-refractivity contribution in [3.8, 4) is 11.4 Å². The molecule has 2 unspecified atom stereocenters. The van der Waals surface area contributed by atoms with Crippen LogP contribution in [0, 0.1) is 6.92 Å². The summed E-state index contributed by atoms with van der Waals surface area (Å²) in [6, 6.07) is 7.37. The van der Waals surface area contributed by atoms with Crippen molar-refractivity contribution >= 4 is 23.3 Å². The largest absolute Gasteiger partial charge is 0.365 e. The second kappa shape index (κ2) is 8.75. The van der Waals surface area contributed by atoms with Crippen LogP contribution in [0.3, 0.4) is 0 Å². The van der Waals surface area contributed by atoms with Gasteiger partial charge >= 0.3 is 0 Å². The molecule has 0 bridgehead atoms. The number of piperidine rings is 1. The number of rotatable bonds is 4. The summed E-state index contributed by atoms with van der Waals surface area (Å²) in [5, 5.41) is 4.03. The fourth-order valence-corrected chi connectivity index (χ4v) is 3.87. The molecule has 2 atom stereocenters. The Bertz CT molecular complexity index is 1030. The quantitative estimate of drug-likeness (QED) is 0.684. The van der Waals surface area contributed by atoms with Crippen LogP contribution >= 0.6 is 11.6 Å². The number of carbonyl (C=O) groups is 1. The summed E-state index contributed by atoms with van der Waals surface area (Å²) >= 11 is 5.93. The first-order chi connectivity index (χ1) is 14.5. The van der Waals surface area contributed by atoms with Gasteiger partial charge in [0.1, 0.15) is 11.5 Å². The van der Waals surface area contributed by atoms with Crippen LogP contribution in [0.1, 0.15) is 35.8 Å². The van der Waals surface area contributed by atoms with Gasteiger partial charge in [0.05, 0.1) is 10.6 Å². The fourth-order valence-electron chi connectivity index (χ4n) is 3.76. The summed E-state index contributed by atoms with van der Waals surface area (Å²) in [5.74, 6) is 1.14.